The molecule has 0 saturated carbocycles. The molecular formula is C16H18ClN5O2S. The highest BCUT2D eigenvalue weighted by atomic mass is 35.5. The molecule has 132 valence electrons. The van der Waals surface area contributed by atoms with E-state index in [4.69, 9.17) is 16.3 Å². The predicted octanol–water partition coefficient (Wildman–Crippen LogP) is 2.46. The number of ether oxygens (including phenoxy) is 1. The van der Waals surface area contributed by atoms with Gasteiger partial charge in [-0.2, -0.15) is 4.98 Å². The summed E-state index contributed by atoms with van der Waals surface area (Å²) in [6.45, 7) is 4.72. The Kier molecular flexibility index (Phi) is 4.58. The van der Waals surface area contributed by atoms with Crippen molar-refractivity contribution in [1.29, 1.82) is 0 Å². The van der Waals surface area contributed by atoms with Gasteiger partial charge in [0.1, 0.15) is 5.37 Å². The number of aromatic nitrogens is 3. The first kappa shape index (κ1) is 16.7. The maximum absolute atomic E-state index is 12.7. The fraction of sp³-hybridized carbons (Fsp3) is 0.438. The lowest BCUT2D eigenvalue weighted by atomic mass is 10.2. The molecule has 2 aromatic rings. The number of nitrogens with zero attached hydrogens (tertiary/aromatic N) is 4. The topological polar surface area (TPSA) is 74.4 Å². The lowest BCUT2D eigenvalue weighted by molar-refractivity contribution is -0.117. The van der Waals surface area contributed by atoms with Crippen LogP contribution in [0.1, 0.15) is 17.9 Å². The van der Waals surface area contributed by atoms with Crippen LogP contribution in [0.4, 0.5) is 11.9 Å². The third-order valence-electron chi connectivity index (χ3n) is 4.29. The molecule has 4 rings (SSSR count). The molecule has 2 fully saturated rings. The average molecular weight is 380 g/mol. The van der Waals surface area contributed by atoms with Crippen molar-refractivity contribution in [1.82, 2.24) is 15.2 Å². The summed E-state index contributed by atoms with van der Waals surface area (Å²) in [7, 11) is 0. The Morgan fingerprint density at radius 3 is 2.72 bits per heavy atom. The monoisotopic (exact) mass is 379 g/mol. The SMILES string of the molecule is CC1S[C@H](c2ccc(Cl)cc2)N(c2nc(N3CCOCC3)n[nH]2)C1=O. The summed E-state index contributed by atoms with van der Waals surface area (Å²) in [5.74, 6) is 1.10. The Hall–Kier alpha value is -1.77. The molecule has 2 aliphatic heterocycles. The lowest BCUT2D eigenvalue weighted by Gasteiger charge is -2.25. The standard InChI is InChI=1S/C16H18ClN5O2S/c1-10-13(23)22(14(25-10)11-2-4-12(17)5-3-11)16-18-15(19-20-16)21-6-8-24-9-7-21/h2-5,10,14H,6-9H2,1H3,(H,18,19,20)/t10?,14-/m1/s1. The van der Waals surface area contributed by atoms with Crippen molar-refractivity contribution >= 4 is 41.2 Å². The number of H-pyrrole nitrogens is 1. The number of rotatable bonds is 3. The van der Waals surface area contributed by atoms with Crippen LogP contribution in [0.25, 0.3) is 0 Å². The minimum atomic E-state index is -0.148. The van der Waals surface area contributed by atoms with Crippen LogP contribution in [0.15, 0.2) is 24.3 Å². The predicted molar refractivity (Wildman–Crippen MR) is 98.1 cm³/mol. The van der Waals surface area contributed by atoms with Crippen LogP contribution in [-0.2, 0) is 9.53 Å². The van der Waals surface area contributed by atoms with Crippen LogP contribution in [-0.4, -0.2) is 52.6 Å². The third-order valence-corrected chi connectivity index (χ3v) is 5.89. The second kappa shape index (κ2) is 6.86. The van der Waals surface area contributed by atoms with Gasteiger partial charge in [-0.15, -0.1) is 16.9 Å². The first-order chi connectivity index (χ1) is 12.1. The molecule has 1 unspecified atom stereocenters. The van der Waals surface area contributed by atoms with Gasteiger partial charge < -0.3 is 9.64 Å². The van der Waals surface area contributed by atoms with Crippen molar-refractivity contribution in [2.24, 2.45) is 0 Å². The van der Waals surface area contributed by atoms with Crippen molar-refractivity contribution in [3.8, 4) is 0 Å². The maximum atomic E-state index is 12.7. The van der Waals surface area contributed by atoms with Gasteiger partial charge >= 0.3 is 0 Å². The zero-order valence-electron chi connectivity index (χ0n) is 13.7. The Morgan fingerprint density at radius 2 is 2.00 bits per heavy atom. The Balaban J connectivity index is 1.63. The molecule has 2 atom stereocenters. The van der Waals surface area contributed by atoms with Crippen LogP contribution in [0.5, 0.6) is 0 Å². The molecule has 2 aliphatic rings. The fourth-order valence-corrected chi connectivity index (χ4v) is 4.33. The summed E-state index contributed by atoms with van der Waals surface area (Å²) < 4.78 is 5.36. The number of benzene rings is 1. The number of aromatic amines is 1. The van der Waals surface area contributed by atoms with E-state index in [1.54, 1.807) is 16.7 Å². The van der Waals surface area contributed by atoms with Crippen LogP contribution >= 0.6 is 23.4 Å². The van der Waals surface area contributed by atoms with E-state index >= 15 is 0 Å². The van der Waals surface area contributed by atoms with Gasteiger partial charge in [-0.25, -0.2) is 5.10 Å². The van der Waals surface area contributed by atoms with Crippen molar-refractivity contribution in [2.75, 3.05) is 36.1 Å². The van der Waals surface area contributed by atoms with E-state index in [9.17, 15) is 4.79 Å². The number of carbonyl (C=O) groups is 1. The first-order valence-electron chi connectivity index (χ1n) is 8.12. The van der Waals surface area contributed by atoms with Crippen molar-refractivity contribution in [2.45, 2.75) is 17.5 Å². The second-order valence-corrected chi connectivity index (χ2v) is 7.81. The molecule has 0 radical (unpaired) electrons. The lowest BCUT2D eigenvalue weighted by Crippen LogP contribution is -2.37. The number of amides is 1. The van der Waals surface area contributed by atoms with Crippen molar-refractivity contribution in [3.05, 3.63) is 34.9 Å². The van der Waals surface area contributed by atoms with Gasteiger partial charge in [0.25, 0.3) is 0 Å². The average Bonchev–Trinajstić information content (AvgIpc) is 3.22. The molecule has 1 aromatic carbocycles. The molecule has 0 bridgehead atoms. The van der Waals surface area contributed by atoms with Crippen molar-refractivity contribution < 1.29 is 9.53 Å². The number of nitrogens with one attached hydrogen (secondary N) is 1. The number of halogens is 1. The highest BCUT2D eigenvalue weighted by Crippen LogP contribution is 2.44. The molecular weight excluding hydrogens is 362 g/mol. The van der Waals surface area contributed by atoms with Crippen LogP contribution < -0.4 is 9.80 Å². The Labute approximate surface area is 154 Å². The first-order valence-corrected chi connectivity index (χ1v) is 9.44. The number of hydrogen-bond donors (Lipinski definition) is 1. The Morgan fingerprint density at radius 1 is 1.28 bits per heavy atom. The van der Waals surface area contributed by atoms with Gasteiger partial charge in [0.05, 0.1) is 18.5 Å². The summed E-state index contributed by atoms with van der Waals surface area (Å²) in [6, 6.07) is 7.56. The molecule has 1 N–H and O–H groups in total. The summed E-state index contributed by atoms with van der Waals surface area (Å²) in [5.41, 5.74) is 1.01. The van der Waals surface area contributed by atoms with E-state index in [1.165, 1.54) is 0 Å². The quantitative estimate of drug-likeness (QED) is 0.883. The van der Waals surface area contributed by atoms with E-state index in [0.29, 0.717) is 30.1 Å². The zero-order chi connectivity index (χ0) is 17.4. The molecule has 0 spiro atoms. The minimum Gasteiger partial charge on any atom is -0.378 e. The van der Waals surface area contributed by atoms with E-state index < -0.39 is 0 Å². The molecule has 7 nitrogen and oxygen atoms in total. The minimum absolute atomic E-state index is 0.0228. The number of thioether (sulfide) groups is 1. The van der Waals surface area contributed by atoms with Crippen LogP contribution in [0, 0.1) is 0 Å². The number of anilines is 2. The maximum Gasteiger partial charge on any atom is 0.246 e. The largest absolute Gasteiger partial charge is 0.378 e. The highest BCUT2D eigenvalue weighted by molar-refractivity contribution is 8.01. The van der Waals surface area contributed by atoms with Gasteiger partial charge in [-0.05, 0) is 24.6 Å². The van der Waals surface area contributed by atoms with E-state index in [0.717, 1.165) is 18.7 Å². The van der Waals surface area contributed by atoms with Crippen LogP contribution in [0.2, 0.25) is 5.02 Å². The smallest absolute Gasteiger partial charge is 0.246 e. The molecule has 1 amide bonds. The molecule has 1 aromatic heterocycles. The van der Waals surface area contributed by atoms with Gasteiger partial charge in [0, 0.05) is 18.1 Å². The number of hydrogen-bond acceptors (Lipinski definition) is 6. The van der Waals surface area contributed by atoms with E-state index in [1.807, 2.05) is 31.2 Å². The molecule has 0 aliphatic carbocycles. The normalized spacial score (nSPS) is 24.2. The summed E-state index contributed by atoms with van der Waals surface area (Å²) in [6.07, 6.45) is 0. The summed E-state index contributed by atoms with van der Waals surface area (Å²) in [4.78, 5) is 21.0. The molecule has 9 heteroatoms. The Bertz CT molecular complexity index is 762. The van der Waals surface area contributed by atoms with Gasteiger partial charge in [0.2, 0.25) is 17.8 Å². The fourth-order valence-electron chi connectivity index (χ4n) is 2.95. The number of carbonyl (C=O) groups excluding carboxylic acids is 1. The van der Waals surface area contributed by atoms with Crippen molar-refractivity contribution in [3.63, 3.8) is 0 Å². The zero-order valence-corrected chi connectivity index (χ0v) is 15.3. The third kappa shape index (κ3) is 3.21. The van der Waals surface area contributed by atoms with Crippen LogP contribution in [0.3, 0.4) is 0 Å². The molecule has 2 saturated heterocycles. The van der Waals surface area contributed by atoms with Gasteiger partial charge in [-0.3, -0.25) is 9.69 Å². The van der Waals surface area contributed by atoms with E-state index in [-0.39, 0.29) is 16.5 Å². The molecule has 3 heterocycles. The van der Waals surface area contributed by atoms with Gasteiger partial charge in [-0.1, -0.05) is 23.7 Å². The summed E-state index contributed by atoms with van der Waals surface area (Å²) in [5, 5.41) is 7.61. The summed E-state index contributed by atoms with van der Waals surface area (Å²) >= 11 is 7.58. The number of morpholine rings is 1. The highest BCUT2D eigenvalue weighted by Gasteiger charge is 2.41. The molecule has 25 heavy (non-hydrogen) atoms. The van der Waals surface area contributed by atoms with Gasteiger partial charge in [0.15, 0.2) is 0 Å². The van der Waals surface area contributed by atoms with E-state index in [2.05, 4.69) is 20.1 Å². The second-order valence-electron chi connectivity index (χ2n) is 5.95.